The molecule has 0 saturated heterocycles. The van der Waals surface area contributed by atoms with Gasteiger partial charge in [0.25, 0.3) is 0 Å². The van der Waals surface area contributed by atoms with E-state index in [-0.39, 0.29) is 22.2 Å². The van der Waals surface area contributed by atoms with E-state index in [9.17, 15) is 0 Å². The van der Waals surface area contributed by atoms with E-state index in [1.807, 2.05) is 7.11 Å². The predicted molar refractivity (Wildman–Crippen MR) is 143 cm³/mol. The normalized spacial score (nSPS) is 13.7. The van der Waals surface area contributed by atoms with Gasteiger partial charge >= 0.3 is 0 Å². The molecule has 0 aliphatic carbocycles. The van der Waals surface area contributed by atoms with Gasteiger partial charge in [-0.25, -0.2) is 0 Å². The van der Waals surface area contributed by atoms with Crippen molar-refractivity contribution in [1.82, 2.24) is 0 Å². The van der Waals surface area contributed by atoms with Crippen molar-refractivity contribution in [3.8, 4) is 11.5 Å². The molecule has 0 aliphatic heterocycles. The zero-order valence-electron chi connectivity index (χ0n) is 23.4. The van der Waals surface area contributed by atoms with Crippen LogP contribution in [0.2, 0.25) is 0 Å². The van der Waals surface area contributed by atoms with Crippen molar-refractivity contribution >= 4 is 0 Å². The molecule has 2 aromatic carbocycles. The van der Waals surface area contributed by atoms with E-state index in [2.05, 4.69) is 99.6 Å². The van der Waals surface area contributed by atoms with Crippen LogP contribution in [0.15, 0.2) is 30.3 Å². The van der Waals surface area contributed by atoms with Gasteiger partial charge in [0, 0.05) is 28.2 Å². The topological polar surface area (TPSA) is 18.5 Å². The van der Waals surface area contributed by atoms with Gasteiger partial charge in [-0.15, -0.1) is 0 Å². The molecule has 0 saturated carbocycles. The first kappa shape index (κ1) is 27.3. The number of rotatable bonds is 10. The van der Waals surface area contributed by atoms with E-state index in [0.29, 0.717) is 0 Å². The van der Waals surface area contributed by atoms with Crippen LogP contribution in [0.3, 0.4) is 0 Å². The summed E-state index contributed by atoms with van der Waals surface area (Å²) in [6, 6.07) is 11.4. The smallest absolute Gasteiger partial charge is 0.126 e. The van der Waals surface area contributed by atoms with E-state index in [1.54, 1.807) is 7.11 Å². The quantitative estimate of drug-likeness (QED) is 0.358. The monoisotopic (exact) mass is 452 g/mol. The van der Waals surface area contributed by atoms with Gasteiger partial charge in [0.05, 0.1) is 14.2 Å². The van der Waals surface area contributed by atoms with Crippen molar-refractivity contribution < 1.29 is 9.47 Å². The summed E-state index contributed by atoms with van der Waals surface area (Å²) in [6.45, 7) is 23.0. The second-order valence-electron chi connectivity index (χ2n) is 11.5. The summed E-state index contributed by atoms with van der Waals surface area (Å²) in [5.74, 6) is 2.17. The first-order chi connectivity index (χ1) is 15.3. The summed E-state index contributed by atoms with van der Waals surface area (Å²) >= 11 is 0. The van der Waals surface area contributed by atoms with Crippen molar-refractivity contribution in [2.24, 2.45) is 0 Å². The van der Waals surface area contributed by atoms with Crippen LogP contribution < -0.4 is 9.47 Å². The Morgan fingerprint density at radius 2 is 1.15 bits per heavy atom. The minimum absolute atomic E-state index is 0.0236. The van der Waals surface area contributed by atoms with Gasteiger partial charge in [0.1, 0.15) is 11.5 Å². The largest absolute Gasteiger partial charge is 0.496 e. The van der Waals surface area contributed by atoms with Crippen LogP contribution in [-0.2, 0) is 16.2 Å². The molecule has 0 N–H and O–H groups in total. The SMILES string of the molecule is CCC(C)(C)c1cc(C(C)c2cccc(C(C)(C)CC)c2OC)c(OC)c(C(C)(C)CC)c1. The predicted octanol–water partition coefficient (Wildman–Crippen LogP) is 8.92. The summed E-state index contributed by atoms with van der Waals surface area (Å²) in [6.07, 6.45) is 3.19. The zero-order valence-corrected chi connectivity index (χ0v) is 23.4. The highest BCUT2D eigenvalue weighted by Gasteiger charge is 2.32. The van der Waals surface area contributed by atoms with E-state index >= 15 is 0 Å². The van der Waals surface area contributed by atoms with Crippen LogP contribution in [0, 0.1) is 0 Å². The molecule has 33 heavy (non-hydrogen) atoms. The molecular formula is C31H48O2. The number of ether oxygens (including phenoxy) is 2. The Bertz CT molecular complexity index is 950. The lowest BCUT2D eigenvalue weighted by Crippen LogP contribution is -2.23. The number of benzene rings is 2. The molecule has 0 spiro atoms. The molecule has 0 radical (unpaired) electrons. The zero-order chi connectivity index (χ0) is 25.2. The van der Waals surface area contributed by atoms with Crippen molar-refractivity contribution in [2.75, 3.05) is 14.2 Å². The number of methoxy groups -OCH3 is 2. The molecule has 0 aromatic heterocycles. The molecule has 0 bridgehead atoms. The summed E-state index contributed by atoms with van der Waals surface area (Å²) in [7, 11) is 3.62. The first-order valence-electron chi connectivity index (χ1n) is 12.7. The number of hydrogen-bond donors (Lipinski definition) is 0. The van der Waals surface area contributed by atoms with Gasteiger partial charge < -0.3 is 9.47 Å². The highest BCUT2D eigenvalue weighted by molar-refractivity contribution is 5.56. The summed E-state index contributed by atoms with van der Waals surface area (Å²) in [5.41, 5.74) is 6.59. The van der Waals surface area contributed by atoms with Crippen LogP contribution >= 0.6 is 0 Å². The van der Waals surface area contributed by atoms with Gasteiger partial charge in [-0.05, 0) is 41.1 Å². The fourth-order valence-electron chi connectivity index (χ4n) is 4.50. The minimum atomic E-state index is 0.0236. The fraction of sp³-hybridized carbons (Fsp3) is 0.613. The van der Waals surface area contributed by atoms with Gasteiger partial charge in [0.15, 0.2) is 0 Å². The molecule has 1 unspecified atom stereocenters. The van der Waals surface area contributed by atoms with E-state index < -0.39 is 0 Å². The molecule has 0 heterocycles. The molecule has 2 rings (SSSR count). The Balaban J connectivity index is 2.88. The van der Waals surface area contributed by atoms with Gasteiger partial charge in [-0.1, -0.05) is 99.6 Å². The number of hydrogen-bond acceptors (Lipinski definition) is 2. The highest BCUT2D eigenvalue weighted by atomic mass is 16.5. The highest BCUT2D eigenvalue weighted by Crippen LogP contribution is 2.47. The Labute approximate surface area is 204 Å². The molecule has 0 fully saturated rings. The maximum absolute atomic E-state index is 6.16. The Hall–Kier alpha value is -1.96. The lowest BCUT2D eigenvalue weighted by molar-refractivity contribution is 0.376. The molecule has 2 heteroatoms. The van der Waals surface area contributed by atoms with Crippen LogP contribution in [0.5, 0.6) is 11.5 Å². The maximum Gasteiger partial charge on any atom is 0.126 e. The van der Waals surface area contributed by atoms with E-state index in [1.165, 1.54) is 27.8 Å². The summed E-state index contributed by atoms with van der Waals surface area (Å²) in [4.78, 5) is 0. The lowest BCUT2D eigenvalue weighted by Gasteiger charge is -2.33. The third kappa shape index (κ3) is 5.26. The van der Waals surface area contributed by atoms with Crippen LogP contribution in [0.1, 0.15) is 122 Å². The fourth-order valence-corrected chi connectivity index (χ4v) is 4.50. The summed E-state index contributed by atoms with van der Waals surface area (Å²) < 4.78 is 12.2. The Morgan fingerprint density at radius 3 is 1.64 bits per heavy atom. The molecule has 0 amide bonds. The lowest BCUT2D eigenvalue weighted by atomic mass is 9.73. The van der Waals surface area contributed by atoms with Crippen LogP contribution in [-0.4, -0.2) is 14.2 Å². The second-order valence-corrected chi connectivity index (χ2v) is 11.5. The number of para-hydroxylation sites is 1. The van der Waals surface area contributed by atoms with Gasteiger partial charge in [0.2, 0.25) is 0 Å². The van der Waals surface area contributed by atoms with Crippen molar-refractivity contribution in [2.45, 2.75) is 111 Å². The molecular weight excluding hydrogens is 404 g/mol. The van der Waals surface area contributed by atoms with E-state index in [4.69, 9.17) is 9.47 Å². The molecule has 1 atom stereocenters. The molecule has 2 nitrogen and oxygen atoms in total. The van der Waals surface area contributed by atoms with Gasteiger partial charge in [-0.2, -0.15) is 0 Å². The average molecular weight is 453 g/mol. The molecule has 2 aromatic rings. The molecule has 184 valence electrons. The van der Waals surface area contributed by atoms with Crippen molar-refractivity contribution in [3.63, 3.8) is 0 Å². The Kier molecular flexibility index (Phi) is 8.37. The first-order valence-corrected chi connectivity index (χ1v) is 12.7. The average Bonchev–Trinajstić information content (AvgIpc) is 2.81. The standard InChI is InChI=1S/C31H48O2/c1-13-29(5,6)22-19-24(28(33-12)26(20-22)31(9,10)15-3)21(4)23-17-16-18-25(27(23)32-11)30(7,8)14-2/h16-21H,13-15H2,1-12H3. The van der Waals surface area contributed by atoms with Crippen LogP contribution in [0.25, 0.3) is 0 Å². The van der Waals surface area contributed by atoms with Crippen LogP contribution in [0.4, 0.5) is 0 Å². The van der Waals surface area contributed by atoms with Crippen molar-refractivity contribution in [1.29, 1.82) is 0 Å². The summed E-state index contributed by atoms with van der Waals surface area (Å²) in [5, 5.41) is 0. The molecule has 0 aliphatic rings. The third-order valence-corrected chi connectivity index (χ3v) is 8.40. The van der Waals surface area contributed by atoms with Crippen molar-refractivity contribution in [3.05, 3.63) is 58.1 Å². The maximum atomic E-state index is 6.16. The van der Waals surface area contributed by atoms with E-state index in [0.717, 1.165) is 30.8 Å². The van der Waals surface area contributed by atoms with Gasteiger partial charge in [-0.3, -0.25) is 0 Å². The minimum Gasteiger partial charge on any atom is -0.496 e. The third-order valence-electron chi connectivity index (χ3n) is 8.40. The Morgan fingerprint density at radius 1 is 0.667 bits per heavy atom. The second kappa shape index (κ2) is 10.1.